The maximum Gasteiger partial charge on any atom is 0.343 e. The van der Waals surface area contributed by atoms with Gasteiger partial charge in [-0.3, -0.25) is 9.59 Å². The molecule has 1 atom stereocenters. The number of hydrogen-bond donors (Lipinski definition) is 1. The molecule has 180 valence electrons. The lowest BCUT2D eigenvalue weighted by molar-refractivity contribution is -0.138. The van der Waals surface area contributed by atoms with Crippen LogP contribution in [-0.2, 0) is 9.53 Å². The van der Waals surface area contributed by atoms with E-state index in [4.69, 9.17) is 50.0 Å². The number of nitrogen functional groups attached to an aromatic ring is 1. The summed E-state index contributed by atoms with van der Waals surface area (Å²) in [4.78, 5) is 42.5. The Morgan fingerprint density at radius 3 is 2.46 bits per heavy atom. The molecule has 4 rings (SSSR count). The van der Waals surface area contributed by atoms with Gasteiger partial charge in [0.2, 0.25) is 0 Å². The fourth-order valence-electron chi connectivity index (χ4n) is 3.74. The number of halogens is 4. The third-order valence-corrected chi connectivity index (χ3v) is 7.16. The highest BCUT2D eigenvalue weighted by Gasteiger charge is 2.45. The number of hydrogen-bond acceptors (Lipinski definition) is 7. The molecule has 1 unspecified atom stereocenters. The van der Waals surface area contributed by atoms with Crippen molar-refractivity contribution in [3.63, 3.8) is 0 Å². The third-order valence-electron chi connectivity index (χ3n) is 5.38. The van der Waals surface area contributed by atoms with E-state index in [9.17, 15) is 14.4 Å². The van der Waals surface area contributed by atoms with Crippen LogP contribution in [0.4, 0.5) is 5.69 Å². The summed E-state index contributed by atoms with van der Waals surface area (Å²) in [6.07, 6.45) is 0.444. The maximum absolute atomic E-state index is 13.2. The van der Waals surface area contributed by atoms with Crippen molar-refractivity contribution in [3.8, 4) is 5.75 Å². The quantitative estimate of drug-likeness (QED) is 0.0620. The second-order valence-corrected chi connectivity index (χ2v) is 10.0. The number of Topliss-reactive ketones (excluding diaryl/α,β-unsaturated/α-hetero) is 2. The molecule has 2 aromatic carbocycles. The summed E-state index contributed by atoms with van der Waals surface area (Å²) in [7, 11) is 0. The van der Waals surface area contributed by atoms with Gasteiger partial charge in [-0.2, -0.15) is 0 Å². The molecule has 0 spiro atoms. The van der Waals surface area contributed by atoms with Crippen molar-refractivity contribution in [1.82, 2.24) is 4.98 Å². The van der Waals surface area contributed by atoms with Gasteiger partial charge in [0.1, 0.15) is 17.2 Å². The number of rotatable bonds is 7. The predicted molar refractivity (Wildman–Crippen MR) is 143 cm³/mol. The van der Waals surface area contributed by atoms with Crippen LogP contribution >= 0.6 is 57.4 Å². The number of ketones is 2. The average Bonchev–Trinajstić information content (AvgIpc) is 3.10. The molecule has 0 amide bonds. The van der Waals surface area contributed by atoms with Crippen molar-refractivity contribution in [1.29, 1.82) is 0 Å². The predicted octanol–water partition coefficient (Wildman–Crippen LogP) is 6.20. The summed E-state index contributed by atoms with van der Waals surface area (Å²) in [5.74, 6) is -2.36. The number of esters is 1. The van der Waals surface area contributed by atoms with E-state index in [0.29, 0.717) is 21.3 Å². The molecular formula is C24H16Cl3IN2O5. The van der Waals surface area contributed by atoms with Crippen LogP contribution in [0.1, 0.15) is 38.7 Å². The first-order valence-corrected chi connectivity index (χ1v) is 12.4. The van der Waals surface area contributed by atoms with Crippen LogP contribution in [0.5, 0.6) is 5.75 Å². The summed E-state index contributed by atoms with van der Waals surface area (Å²) in [6, 6.07) is 8.69. The summed E-state index contributed by atoms with van der Waals surface area (Å²) < 4.78 is 11.2. The number of ether oxygens (including phenoxy) is 2. The Hall–Kier alpha value is -2.40. The van der Waals surface area contributed by atoms with E-state index in [1.54, 1.807) is 46.9 Å². The monoisotopic (exact) mass is 644 g/mol. The highest BCUT2D eigenvalue weighted by atomic mass is 127. The van der Waals surface area contributed by atoms with Crippen LogP contribution in [0, 0.1) is 0 Å². The molecule has 0 aliphatic heterocycles. The first-order valence-electron chi connectivity index (χ1n) is 10.2. The maximum atomic E-state index is 13.2. The molecule has 1 aliphatic carbocycles. The minimum atomic E-state index is -1.24. The Balaban J connectivity index is 1.61. The molecule has 1 heterocycles. The lowest BCUT2D eigenvalue weighted by atomic mass is 9.98. The molecule has 0 radical (unpaired) electrons. The Labute approximate surface area is 228 Å². The average molecular weight is 646 g/mol. The molecule has 0 bridgehead atoms. The lowest BCUT2D eigenvalue weighted by Gasteiger charge is -2.12. The smallest absolute Gasteiger partial charge is 0.343 e. The number of pyridine rings is 1. The van der Waals surface area contributed by atoms with Gasteiger partial charge >= 0.3 is 5.97 Å². The minimum Gasteiger partial charge on any atom is -0.491 e. The number of nitrogens with two attached hydrogens (primary N) is 1. The van der Waals surface area contributed by atoms with Crippen LogP contribution in [0.25, 0.3) is 10.9 Å². The van der Waals surface area contributed by atoms with E-state index >= 15 is 0 Å². The molecular weight excluding hydrogens is 630 g/mol. The zero-order valence-corrected chi connectivity index (χ0v) is 22.3. The van der Waals surface area contributed by atoms with Crippen molar-refractivity contribution >= 4 is 91.5 Å². The van der Waals surface area contributed by atoms with Crippen molar-refractivity contribution < 1.29 is 23.9 Å². The fourth-order valence-corrected chi connectivity index (χ4v) is 4.61. The number of fused-ring (bicyclic) bond motifs is 2. The van der Waals surface area contributed by atoms with Gasteiger partial charge in [-0.1, -0.05) is 59.6 Å². The number of carbonyl (C=O) groups is 3. The molecule has 3 aromatic rings. The Morgan fingerprint density at radius 2 is 1.74 bits per heavy atom. The van der Waals surface area contributed by atoms with E-state index in [-0.39, 0.29) is 50.8 Å². The molecule has 2 N–H and O–H groups in total. The Morgan fingerprint density at radius 1 is 1.03 bits per heavy atom. The number of nitrogens with zero attached hydrogens (tertiary/aromatic N) is 1. The van der Waals surface area contributed by atoms with Crippen LogP contribution in [-0.4, -0.2) is 35.7 Å². The Bertz CT molecular complexity index is 1380. The number of para-hydroxylation sites is 1. The van der Waals surface area contributed by atoms with Gasteiger partial charge in [-0.25, -0.2) is 9.78 Å². The summed E-state index contributed by atoms with van der Waals surface area (Å²) >= 11 is 20.3. The van der Waals surface area contributed by atoms with E-state index < -0.39 is 23.5 Å². The normalized spacial score (nSPS) is 14.8. The van der Waals surface area contributed by atoms with Crippen molar-refractivity contribution in [2.75, 3.05) is 18.9 Å². The standard InChI is InChI=1S/C24H16Cl3IN2O5/c1-10(28)24(33)35-9-3-8-34-13-5-2-4-11-6-7-12(30-21(11)13)14-22(31)15-16(23(14)32)20(29)19(27)18(26)17(15)25/h2,4-7,14H,1,3,8-9,29H2. The van der Waals surface area contributed by atoms with Crippen LogP contribution in [0.15, 0.2) is 40.5 Å². The van der Waals surface area contributed by atoms with Gasteiger partial charge in [0.05, 0.1) is 54.4 Å². The largest absolute Gasteiger partial charge is 0.491 e. The van der Waals surface area contributed by atoms with Gasteiger partial charge in [0.25, 0.3) is 0 Å². The topological polar surface area (TPSA) is 109 Å². The molecule has 7 nitrogen and oxygen atoms in total. The highest BCUT2D eigenvalue weighted by Crippen LogP contribution is 2.47. The first-order chi connectivity index (χ1) is 16.6. The van der Waals surface area contributed by atoms with Crippen molar-refractivity contribution in [3.05, 3.63) is 72.4 Å². The second-order valence-electron chi connectivity index (χ2n) is 7.57. The van der Waals surface area contributed by atoms with E-state index in [0.717, 1.165) is 5.39 Å². The summed E-state index contributed by atoms with van der Waals surface area (Å²) in [5, 5.41) is 0.478. The van der Waals surface area contributed by atoms with Crippen molar-refractivity contribution in [2.45, 2.75) is 12.3 Å². The van der Waals surface area contributed by atoms with Crippen LogP contribution in [0.3, 0.4) is 0 Å². The zero-order chi connectivity index (χ0) is 25.4. The third kappa shape index (κ3) is 4.72. The zero-order valence-electron chi connectivity index (χ0n) is 17.9. The van der Waals surface area contributed by atoms with Crippen LogP contribution < -0.4 is 10.5 Å². The minimum absolute atomic E-state index is 0.0467. The summed E-state index contributed by atoms with van der Waals surface area (Å²) in [6.45, 7) is 3.94. The highest BCUT2D eigenvalue weighted by molar-refractivity contribution is 14.1. The number of anilines is 1. The molecule has 35 heavy (non-hydrogen) atoms. The summed E-state index contributed by atoms with van der Waals surface area (Å²) in [5.41, 5.74) is 6.50. The molecule has 11 heteroatoms. The van der Waals surface area contributed by atoms with Gasteiger partial charge in [-0.15, -0.1) is 0 Å². The Kier molecular flexibility index (Phi) is 7.56. The van der Waals surface area contributed by atoms with Crippen molar-refractivity contribution in [2.24, 2.45) is 0 Å². The van der Waals surface area contributed by atoms with Gasteiger partial charge in [0.15, 0.2) is 11.6 Å². The van der Waals surface area contributed by atoms with E-state index in [1.807, 2.05) is 6.07 Å². The second kappa shape index (κ2) is 10.3. The SMILES string of the molecule is C=C(I)C(=O)OCCCOc1cccc2ccc(C3C(=O)c4c(N)c(Cl)c(Cl)c(Cl)c4C3=O)nc12. The molecule has 0 saturated carbocycles. The molecule has 0 saturated heterocycles. The van der Waals surface area contributed by atoms with E-state index in [2.05, 4.69) is 11.6 Å². The number of benzene rings is 2. The van der Waals surface area contributed by atoms with E-state index in [1.165, 1.54) is 0 Å². The molecule has 1 aliphatic rings. The number of aromatic nitrogens is 1. The fraction of sp³-hybridized carbons (Fsp3) is 0.167. The number of carbonyl (C=O) groups excluding carboxylic acids is 3. The first kappa shape index (κ1) is 25.7. The van der Waals surface area contributed by atoms with Gasteiger partial charge in [-0.05, 0) is 34.7 Å². The van der Waals surface area contributed by atoms with Crippen LogP contribution in [0.2, 0.25) is 15.1 Å². The lowest BCUT2D eigenvalue weighted by Crippen LogP contribution is -2.15. The van der Waals surface area contributed by atoms with Gasteiger partial charge in [0, 0.05) is 11.8 Å². The molecule has 0 fully saturated rings. The van der Waals surface area contributed by atoms with Gasteiger partial charge < -0.3 is 15.2 Å². The molecule has 1 aromatic heterocycles.